The summed E-state index contributed by atoms with van der Waals surface area (Å²) in [6, 6.07) is 0. The van der Waals surface area contributed by atoms with Crippen LogP contribution < -0.4 is 5.14 Å². The Balaban J connectivity index is 2.90. The Morgan fingerprint density at radius 1 is 1.50 bits per heavy atom. The van der Waals surface area contributed by atoms with Gasteiger partial charge in [-0.2, -0.15) is 0 Å². The Labute approximate surface area is 47.4 Å². The van der Waals surface area contributed by atoms with Crippen molar-refractivity contribution in [2.45, 2.75) is 17.8 Å². The average molecular weight is 137 g/mol. The van der Waals surface area contributed by atoms with Crippen LogP contribution in [0.2, 0.25) is 0 Å². The molecule has 0 saturated heterocycles. The number of rotatable bonds is 1. The first-order valence-electron chi connectivity index (χ1n) is 2.20. The van der Waals surface area contributed by atoms with Crippen LogP contribution in [0.1, 0.15) is 12.8 Å². The lowest BCUT2D eigenvalue weighted by Gasteiger charge is -2.00. The maximum atomic E-state index is 10.2. The third-order valence-corrected chi connectivity index (χ3v) is 2.67. The van der Waals surface area contributed by atoms with E-state index in [4.69, 9.17) is 5.11 Å². The summed E-state index contributed by atoms with van der Waals surface area (Å²) in [5.74, 6) is 0. The van der Waals surface area contributed by atoms with Gasteiger partial charge in [-0.3, -0.25) is 0 Å². The average Bonchev–Trinajstić information content (AvgIpc) is 2.16. The largest absolute Gasteiger partial charge is 0.373 e. The molecule has 0 aromatic carbocycles. The highest BCUT2D eigenvalue weighted by molar-refractivity contribution is 7.90. The van der Waals surface area contributed by atoms with E-state index in [-0.39, 0.29) is 12.8 Å². The Kier molecular flexibility index (Phi) is 0.922. The molecule has 4 nitrogen and oxygen atoms in total. The maximum absolute atomic E-state index is 10.2. The lowest BCUT2D eigenvalue weighted by Crippen LogP contribution is -2.29. The second-order valence-corrected chi connectivity index (χ2v) is 3.84. The van der Waals surface area contributed by atoms with E-state index in [1.54, 1.807) is 0 Å². The Hall–Kier alpha value is -0.130. The van der Waals surface area contributed by atoms with Crippen LogP contribution in [0, 0.1) is 0 Å². The van der Waals surface area contributed by atoms with Crippen LogP contribution in [0.5, 0.6) is 0 Å². The van der Waals surface area contributed by atoms with Crippen molar-refractivity contribution in [3.63, 3.8) is 0 Å². The van der Waals surface area contributed by atoms with Gasteiger partial charge in [0.25, 0.3) is 0 Å². The second kappa shape index (κ2) is 1.23. The number of sulfonamides is 1. The molecule has 0 atom stereocenters. The normalized spacial score (nSPS) is 25.2. The van der Waals surface area contributed by atoms with Crippen LogP contribution in [0.25, 0.3) is 0 Å². The summed E-state index contributed by atoms with van der Waals surface area (Å²) >= 11 is 0. The van der Waals surface area contributed by atoms with Crippen LogP contribution in [0.15, 0.2) is 0 Å². The second-order valence-electron chi connectivity index (χ2n) is 1.99. The predicted molar refractivity (Wildman–Crippen MR) is 27.3 cm³/mol. The van der Waals surface area contributed by atoms with Crippen LogP contribution in [0.4, 0.5) is 0 Å². The lowest BCUT2D eigenvalue weighted by molar-refractivity contribution is 0.230. The summed E-state index contributed by atoms with van der Waals surface area (Å²) in [6.45, 7) is 0. The smallest absolute Gasteiger partial charge is 0.238 e. The zero-order valence-electron chi connectivity index (χ0n) is 4.16. The van der Waals surface area contributed by atoms with Crippen molar-refractivity contribution in [3.8, 4) is 0 Å². The van der Waals surface area contributed by atoms with Gasteiger partial charge < -0.3 is 5.11 Å². The van der Waals surface area contributed by atoms with Crippen LogP contribution in [-0.4, -0.2) is 18.5 Å². The molecule has 0 aliphatic heterocycles. The van der Waals surface area contributed by atoms with Crippen molar-refractivity contribution < 1.29 is 13.5 Å². The van der Waals surface area contributed by atoms with Gasteiger partial charge in [-0.25, -0.2) is 13.6 Å². The molecule has 0 radical (unpaired) electrons. The molecule has 1 aliphatic rings. The highest BCUT2D eigenvalue weighted by Crippen LogP contribution is 2.38. The minimum Gasteiger partial charge on any atom is -0.373 e. The molecule has 0 heterocycles. The molecule has 1 rings (SSSR count). The highest BCUT2D eigenvalue weighted by atomic mass is 32.2. The first kappa shape index (κ1) is 6.00. The van der Waals surface area contributed by atoms with Gasteiger partial charge >= 0.3 is 0 Å². The van der Waals surface area contributed by atoms with Gasteiger partial charge in [0.15, 0.2) is 4.93 Å². The van der Waals surface area contributed by atoms with E-state index >= 15 is 0 Å². The molecule has 0 aromatic heterocycles. The first-order chi connectivity index (χ1) is 3.46. The van der Waals surface area contributed by atoms with Gasteiger partial charge in [-0.1, -0.05) is 0 Å². The predicted octanol–water partition coefficient (Wildman–Crippen LogP) is -1.24. The quantitative estimate of drug-likeness (QED) is 0.474. The third kappa shape index (κ3) is 0.724. The Bertz CT molecular complexity index is 191. The zero-order valence-corrected chi connectivity index (χ0v) is 4.98. The van der Waals surface area contributed by atoms with Gasteiger partial charge in [-0.15, -0.1) is 0 Å². The van der Waals surface area contributed by atoms with Crippen molar-refractivity contribution in [2.75, 3.05) is 0 Å². The topological polar surface area (TPSA) is 80.4 Å². The summed E-state index contributed by atoms with van der Waals surface area (Å²) in [5, 5.41) is 13.3. The molecule has 0 amide bonds. The fourth-order valence-corrected chi connectivity index (χ4v) is 1.06. The molecule has 8 heavy (non-hydrogen) atoms. The summed E-state index contributed by atoms with van der Waals surface area (Å²) in [6.07, 6.45) is 0.567. The first-order valence-corrected chi connectivity index (χ1v) is 3.75. The summed E-state index contributed by atoms with van der Waals surface area (Å²) in [5.41, 5.74) is 0. The molecular formula is C3H7NO3S. The fraction of sp³-hybridized carbons (Fsp3) is 1.00. The number of aliphatic hydroxyl groups is 1. The van der Waals surface area contributed by atoms with Gasteiger partial charge in [0.1, 0.15) is 0 Å². The lowest BCUT2D eigenvalue weighted by atomic mass is 10.8. The van der Waals surface area contributed by atoms with Crippen molar-refractivity contribution in [1.82, 2.24) is 0 Å². The molecule has 0 unspecified atom stereocenters. The molecule has 1 saturated carbocycles. The zero-order chi connectivity index (χ0) is 6.41. The van der Waals surface area contributed by atoms with E-state index in [9.17, 15) is 8.42 Å². The van der Waals surface area contributed by atoms with E-state index in [0.717, 1.165) is 0 Å². The molecular weight excluding hydrogens is 130 g/mol. The van der Waals surface area contributed by atoms with E-state index in [1.165, 1.54) is 0 Å². The Morgan fingerprint density at radius 2 is 1.88 bits per heavy atom. The van der Waals surface area contributed by atoms with Crippen LogP contribution >= 0.6 is 0 Å². The monoisotopic (exact) mass is 137 g/mol. The van der Waals surface area contributed by atoms with Gasteiger partial charge in [0.2, 0.25) is 10.0 Å². The number of hydrogen-bond acceptors (Lipinski definition) is 3. The highest BCUT2D eigenvalue weighted by Gasteiger charge is 2.51. The van der Waals surface area contributed by atoms with Gasteiger partial charge in [0, 0.05) is 0 Å². The molecule has 0 spiro atoms. The number of nitrogens with two attached hydrogens (primary N) is 1. The van der Waals surface area contributed by atoms with Gasteiger partial charge in [-0.05, 0) is 12.8 Å². The summed E-state index contributed by atoms with van der Waals surface area (Å²) < 4.78 is 20.5. The van der Waals surface area contributed by atoms with E-state index in [1.807, 2.05) is 0 Å². The van der Waals surface area contributed by atoms with E-state index in [0.29, 0.717) is 0 Å². The van der Waals surface area contributed by atoms with Crippen LogP contribution in [-0.2, 0) is 10.0 Å². The summed E-state index contributed by atoms with van der Waals surface area (Å²) in [7, 11) is -3.67. The summed E-state index contributed by atoms with van der Waals surface area (Å²) in [4.78, 5) is -1.56. The van der Waals surface area contributed by atoms with Crippen molar-refractivity contribution in [1.29, 1.82) is 0 Å². The maximum Gasteiger partial charge on any atom is 0.238 e. The minimum atomic E-state index is -3.67. The minimum absolute atomic E-state index is 0.284. The third-order valence-electron chi connectivity index (χ3n) is 1.21. The molecule has 3 N–H and O–H groups in total. The Morgan fingerprint density at radius 3 is 1.88 bits per heavy atom. The van der Waals surface area contributed by atoms with Crippen molar-refractivity contribution >= 4 is 10.0 Å². The standard InChI is InChI=1S/C3H7NO3S/c4-8(6,7)3(5)1-2-3/h5H,1-2H2,(H2,4,6,7). The molecule has 48 valence electrons. The van der Waals surface area contributed by atoms with Crippen molar-refractivity contribution in [2.24, 2.45) is 5.14 Å². The fourth-order valence-electron chi connectivity index (χ4n) is 0.391. The van der Waals surface area contributed by atoms with Crippen LogP contribution in [0.3, 0.4) is 0 Å². The number of primary sulfonamides is 1. The van der Waals surface area contributed by atoms with Gasteiger partial charge in [0.05, 0.1) is 0 Å². The molecule has 0 bridgehead atoms. The molecule has 1 fully saturated rings. The molecule has 5 heteroatoms. The van der Waals surface area contributed by atoms with Crippen molar-refractivity contribution in [3.05, 3.63) is 0 Å². The van der Waals surface area contributed by atoms with E-state index in [2.05, 4.69) is 5.14 Å². The SMILES string of the molecule is NS(=O)(=O)C1(O)CC1. The molecule has 0 aromatic rings. The number of hydrogen-bond donors (Lipinski definition) is 2. The van der Waals surface area contributed by atoms with E-state index < -0.39 is 15.0 Å². The molecule has 1 aliphatic carbocycles.